The zero-order valence-corrected chi connectivity index (χ0v) is 13.2. The van der Waals surface area contributed by atoms with Crippen molar-refractivity contribution in [3.63, 3.8) is 0 Å². The van der Waals surface area contributed by atoms with Gasteiger partial charge in [0.25, 0.3) is 0 Å². The second-order valence-corrected chi connectivity index (χ2v) is 5.51. The minimum atomic E-state index is -0.150. The summed E-state index contributed by atoms with van der Waals surface area (Å²) in [6, 6.07) is 7.01. The lowest BCUT2D eigenvalue weighted by molar-refractivity contribution is -0.114. The van der Waals surface area contributed by atoms with E-state index in [2.05, 4.69) is 14.7 Å². The lowest BCUT2D eigenvalue weighted by Crippen LogP contribution is -2.30. The Balaban J connectivity index is 1.92. The number of ether oxygens (including phenoxy) is 1. The molecule has 2 aromatic rings. The van der Waals surface area contributed by atoms with E-state index < -0.39 is 0 Å². The first-order chi connectivity index (χ1) is 10.1. The van der Waals surface area contributed by atoms with Gasteiger partial charge in [-0.15, -0.1) is 0 Å². The summed E-state index contributed by atoms with van der Waals surface area (Å²) in [7, 11) is 3.37. The van der Waals surface area contributed by atoms with Crippen LogP contribution in [0.1, 0.15) is 5.82 Å². The summed E-state index contributed by atoms with van der Waals surface area (Å²) in [6.07, 6.45) is 0. The highest BCUT2D eigenvalue weighted by Crippen LogP contribution is 2.17. The van der Waals surface area contributed by atoms with Gasteiger partial charge in [0.1, 0.15) is 6.61 Å². The molecule has 6 nitrogen and oxygen atoms in total. The molecular formula is C13H15ClN4O2S. The molecule has 1 aromatic heterocycles. The van der Waals surface area contributed by atoms with Gasteiger partial charge < -0.3 is 15.0 Å². The molecule has 0 saturated carbocycles. The van der Waals surface area contributed by atoms with E-state index in [4.69, 9.17) is 16.3 Å². The number of nitrogens with one attached hydrogen (secondary N) is 1. The molecule has 112 valence electrons. The summed E-state index contributed by atoms with van der Waals surface area (Å²) >= 11 is 7.10. The topological polar surface area (TPSA) is 67.3 Å². The van der Waals surface area contributed by atoms with Crippen LogP contribution in [0.5, 0.6) is 0 Å². The maximum absolute atomic E-state index is 12.0. The predicted octanol–water partition coefficient (Wildman–Crippen LogP) is 2.41. The van der Waals surface area contributed by atoms with E-state index in [0.29, 0.717) is 28.3 Å². The molecule has 1 N–H and O–H groups in total. The molecule has 0 aliphatic rings. The average Bonchev–Trinajstić information content (AvgIpc) is 2.87. The van der Waals surface area contributed by atoms with E-state index in [9.17, 15) is 4.79 Å². The Morgan fingerprint density at radius 2 is 2.33 bits per heavy atom. The van der Waals surface area contributed by atoms with Crippen molar-refractivity contribution in [1.29, 1.82) is 0 Å². The van der Waals surface area contributed by atoms with Crippen LogP contribution in [0.4, 0.5) is 10.8 Å². The molecule has 0 saturated heterocycles. The Bertz CT molecular complexity index is 620. The first-order valence-electron chi connectivity index (χ1n) is 6.16. The van der Waals surface area contributed by atoms with Crippen LogP contribution in [0, 0.1) is 0 Å². The van der Waals surface area contributed by atoms with Crippen LogP contribution in [-0.4, -0.2) is 36.0 Å². The summed E-state index contributed by atoms with van der Waals surface area (Å²) in [5, 5.41) is 4.03. The van der Waals surface area contributed by atoms with E-state index in [0.717, 1.165) is 0 Å². The molecule has 0 atom stereocenters. The third kappa shape index (κ3) is 4.66. The van der Waals surface area contributed by atoms with Crippen molar-refractivity contribution >= 4 is 39.9 Å². The number of hydrogen-bond acceptors (Lipinski definition) is 6. The summed E-state index contributed by atoms with van der Waals surface area (Å²) in [5.74, 6) is 0.461. The van der Waals surface area contributed by atoms with Crippen LogP contribution in [0.15, 0.2) is 24.3 Å². The third-order valence-corrected chi connectivity index (χ3v) is 3.65. The Morgan fingerprint density at radius 3 is 3.05 bits per heavy atom. The first kappa shape index (κ1) is 15.7. The lowest BCUT2D eigenvalue weighted by Gasteiger charge is -2.14. The van der Waals surface area contributed by atoms with Crippen molar-refractivity contribution in [2.45, 2.75) is 6.61 Å². The second-order valence-electron chi connectivity index (χ2n) is 4.34. The molecule has 1 heterocycles. The van der Waals surface area contributed by atoms with Crippen molar-refractivity contribution in [1.82, 2.24) is 9.36 Å². The molecule has 0 aliphatic heterocycles. The smallest absolute Gasteiger partial charge is 0.243 e. The van der Waals surface area contributed by atoms with Gasteiger partial charge in [-0.05, 0) is 18.2 Å². The normalized spacial score (nSPS) is 10.4. The number of carbonyl (C=O) groups excluding carboxylic acids is 1. The number of hydrogen-bond donors (Lipinski definition) is 1. The monoisotopic (exact) mass is 326 g/mol. The quantitative estimate of drug-likeness (QED) is 0.883. The van der Waals surface area contributed by atoms with Crippen molar-refractivity contribution in [2.24, 2.45) is 0 Å². The van der Waals surface area contributed by atoms with Gasteiger partial charge in [-0.1, -0.05) is 17.7 Å². The maximum atomic E-state index is 12.0. The number of methoxy groups -OCH3 is 1. The summed E-state index contributed by atoms with van der Waals surface area (Å²) in [5.41, 5.74) is 0.665. The number of benzene rings is 1. The molecule has 1 aromatic carbocycles. The highest BCUT2D eigenvalue weighted by atomic mass is 35.5. The van der Waals surface area contributed by atoms with Crippen molar-refractivity contribution < 1.29 is 9.53 Å². The van der Waals surface area contributed by atoms with E-state index in [1.807, 2.05) is 0 Å². The maximum Gasteiger partial charge on any atom is 0.243 e. The fourth-order valence-electron chi connectivity index (χ4n) is 1.64. The Kier molecular flexibility index (Phi) is 5.49. The van der Waals surface area contributed by atoms with Crippen LogP contribution in [0.25, 0.3) is 0 Å². The van der Waals surface area contributed by atoms with E-state index in [1.165, 1.54) is 11.5 Å². The molecule has 0 fully saturated rings. The van der Waals surface area contributed by atoms with Gasteiger partial charge in [0.2, 0.25) is 11.0 Å². The van der Waals surface area contributed by atoms with Crippen molar-refractivity contribution in [3.05, 3.63) is 35.1 Å². The van der Waals surface area contributed by atoms with Gasteiger partial charge in [-0.2, -0.15) is 4.37 Å². The number of likely N-dealkylation sites (N-methyl/N-ethyl adjacent to an activating group) is 1. The van der Waals surface area contributed by atoms with Crippen LogP contribution < -0.4 is 10.2 Å². The molecule has 2 rings (SSSR count). The zero-order chi connectivity index (χ0) is 15.2. The third-order valence-electron chi connectivity index (χ3n) is 2.55. The van der Waals surface area contributed by atoms with Gasteiger partial charge in [0.15, 0.2) is 5.82 Å². The van der Waals surface area contributed by atoms with E-state index in [-0.39, 0.29) is 12.5 Å². The minimum Gasteiger partial charge on any atom is -0.377 e. The molecule has 21 heavy (non-hydrogen) atoms. The van der Waals surface area contributed by atoms with E-state index in [1.54, 1.807) is 43.3 Å². The second kappa shape index (κ2) is 7.35. The lowest BCUT2D eigenvalue weighted by atomic mass is 10.3. The Labute approximate surface area is 131 Å². The number of halogens is 1. The molecule has 1 amide bonds. The number of anilines is 2. The average molecular weight is 327 g/mol. The highest BCUT2D eigenvalue weighted by molar-refractivity contribution is 7.09. The van der Waals surface area contributed by atoms with E-state index >= 15 is 0 Å². The highest BCUT2D eigenvalue weighted by Gasteiger charge is 2.12. The van der Waals surface area contributed by atoms with Crippen molar-refractivity contribution in [2.75, 3.05) is 30.9 Å². The van der Waals surface area contributed by atoms with Crippen molar-refractivity contribution in [3.8, 4) is 0 Å². The number of carbonyl (C=O) groups is 1. The largest absolute Gasteiger partial charge is 0.377 e. The van der Waals surface area contributed by atoms with Gasteiger partial charge in [0.05, 0.1) is 6.54 Å². The summed E-state index contributed by atoms with van der Waals surface area (Å²) in [4.78, 5) is 18.0. The van der Waals surface area contributed by atoms with Crippen LogP contribution in [0.2, 0.25) is 5.02 Å². The first-order valence-corrected chi connectivity index (χ1v) is 7.31. The predicted molar refractivity (Wildman–Crippen MR) is 84.0 cm³/mol. The number of amides is 1. The molecule has 0 radical (unpaired) electrons. The Morgan fingerprint density at radius 1 is 1.52 bits per heavy atom. The van der Waals surface area contributed by atoms with Gasteiger partial charge in [0, 0.05) is 36.4 Å². The molecule has 8 heteroatoms. The molecule has 0 spiro atoms. The van der Waals surface area contributed by atoms with Crippen LogP contribution >= 0.6 is 23.1 Å². The zero-order valence-electron chi connectivity index (χ0n) is 11.7. The fraction of sp³-hybridized carbons (Fsp3) is 0.308. The van der Waals surface area contributed by atoms with Crippen LogP contribution in [0.3, 0.4) is 0 Å². The van der Waals surface area contributed by atoms with Gasteiger partial charge in [-0.25, -0.2) is 4.98 Å². The SMILES string of the molecule is COCc1nsc(N(C)CC(=O)Nc2cccc(Cl)c2)n1. The van der Waals surface area contributed by atoms with Gasteiger partial charge in [-0.3, -0.25) is 4.79 Å². The molecule has 0 unspecified atom stereocenters. The number of aromatic nitrogens is 2. The van der Waals surface area contributed by atoms with Gasteiger partial charge >= 0.3 is 0 Å². The number of rotatable bonds is 6. The summed E-state index contributed by atoms with van der Waals surface area (Å²) in [6.45, 7) is 0.535. The molecule has 0 aliphatic carbocycles. The standard InChI is InChI=1S/C13H15ClN4O2S/c1-18(13-16-11(8-20-2)17-21-13)7-12(19)15-10-5-3-4-9(14)6-10/h3-6H,7-8H2,1-2H3,(H,15,19). The fourth-order valence-corrected chi connectivity index (χ4v) is 2.46. The number of nitrogens with zero attached hydrogens (tertiary/aromatic N) is 3. The molecule has 0 bridgehead atoms. The van der Waals surface area contributed by atoms with Crippen LogP contribution in [-0.2, 0) is 16.1 Å². The Hall–Kier alpha value is -1.70. The summed E-state index contributed by atoms with van der Waals surface area (Å²) < 4.78 is 9.11. The minimum absolute atomic E-state index is 0.150. The molecular weight excluding hydrogens is 312 g/mol.